The van der Waals surface area contributed by atoms with Gasteiger partial charge in [0.2, 0.25) is 5.91 Å². The molecular weight excluding hydrogens is 378 g/mol. The van der Waals surface area contributed by atoms with E-state index in [0.717, 1.165) is 18.5 Å². The lowest BCUT2D eigenvalue weighted by Crippen LogP contribution is -2.41. The molecule has 1 aliphatic heterocycles. The summed E-state index contributed by atoms with van der Waals surface area (Å²) in [5.74, 6) is 3.80. The molecule has 146 valence electrons. The number of rotatable bonds is 4. The minimum atomic E-state index is -0.330. The average Bonchev–Trinajstić information content (AvgIpc) is 3.17. The van der Waals surface area contributed by atoms with Crippen LogP contribution in [0.25, 0.3) is 0 Å². The second-order valence-electron chi connectivity index (χ2n) is 8.08. The number of nitrogens with one attached hydrogen (secondary N) is 1. The van der Waals surface area contributed by atoms with Crippen LogP contribution in [0.15, 0.2) is 24.3 Å². The number of hydrogen-bond donors (Lipinski definition) is 1. The van der Waals surface area contributed by atoms with Crippen LogP contribution in [0.2, 0.25) is 0 Å². The average molecular weight is 406 g/mol. The van der Waals surface area contributed by atoms with Crippen LogP contribution in [0, 0.1) is 17.8 Å². The smallest absolute Gasteiger partial charge is 0.338 e. The zero-order chi connectivity index (χ0) is 19.0. The Hall–Kier alpha value is -1.14. The van der Waals surface area contributed by atoms with Gasteiger partial charge in [-0.3, -0.25) is 4.79 Å². The van der Waals surface area contributed by atoms with Crippen LogP contribution < -0.4 is 5.32 Å². The number of thioether (sulfide) groups is 2. The largest absolute Gasteiger partial charge is 0.459 e. The van der Waals surface area contributed by atoms with Crippen molar-refractivity contribution < 1.29 is 14.3 Å². The van der Waals surface area contributed by atoms with Crippen molar-refractivity contribution in [1.82, 2.24) is 0 Å². The molecule has 4 nitrogen and oxygen atoms in total. The highest BCUT2D eigenvalue weighted by atomic mass is 32.2. The van der Waals surface area contributed by atoms with Gasteiger partial charge in [-0.25, -0.2) is 4.79 Å². The molecule has 4 rings (SSSR count). The van der Waals surface area contributed by atoms with E-state index in [2.05, 4.69) is 28.8 Å². The molecule has 2 aliphatic carbocycles. The summed E-state index contributed by atoms with van der Waals surface area (Å²) in [4.78, 5) is 24.8. The van der Waals surface area contributed by atoms with Crippen molar-refractivity contribution in [3.63, 3.8) is 0 Å². The topological polar surface area (TPSA) is 55.4 Å². The van der Waals surface area contributed by atoms with Crippen LogP contribution >= 0.6 is 23.5 Å². The third-order valence-corrected chi connectivity index (χ3v) is 10.00. The maximum atomic E-state index is 12.8. The fourth-order valence-corrected chi connectivity index (χ4v) is 8.77. The highest BCUT2D eigenvalue weighted by molar-refractivity contribution is 8.21. The van der Waals surface area contributed by atoms with Crippen molar-refractivity contribution in [2.45, 2.75) is 49.7 Å². The van der Waals surface area contributed by atoms with Gasteiger partial charge in [-0.1, -0.05) is 0 Å². The molecule has 1 amide bonds. The number of ether oxygens (including phenoxy) is 1. The molecule has 1 N–H and O–H groups in total. The number of carbonyl (C=O) groups is 2. The van der Waals surface area contributed by atoms with Gasteiger partial charge in [0.05, 0.1) is 15.7 Å². The first-order chi connectivity index (χ1) is 13.0. The van der Waals surface area contributed by atoms with Gasteiger partial charge in [-0.05, 0) is 75.6 Å². The van der Waals surface area contributed by atoms with Crippen molar-refractivity contribution in [1.29, 1.82) is 0 Å². The van der Waals surface area contributed by atoms with Gasteiger partial charge in [-0.2, -0.15) is 0 Å². The summed E-state index contributed by atoms with van der Waals surface area (Å²) in [5.41, 5.74) is 1.26. The van der Waals surface area contributed by atoms with Crippen molar-refractivity contribution in [3.05, 3.63) is 29.8 Å². The molecule has 1 heterocycles. The molecule has 3 aliphatic rings. The molecule has 3 fully saturated rings. The Balaban J connectivity index is 1.37. The van der Waals surface area contributed by atoms with E-state index in [1.54, 1.807) is 24.3 Å². The quantitative estimate of drug-likeness (QED) is 0.729. The van der Waals surface area contributed by atoms with E-state index in [9.17, 15) is 9.59 Å². The third-order valence-electron chi connectivity index (χ3n) is 5.98. The summed E-state index contributed by atoms with van der Waals surface area (Å²) in [5, 5.41) is 3.06. The fraction of sp³-hybridized carbons (Fsp3) is 0.619. The van der Waals surface area contributed by atoms with Crippen molar-refractivity contribution >= 4 is 41.1 Å². The first kappa shape index (κ1) is 19.2. The summed E-state index contributed by atoms with van der Waals surface area (Å²) in [6, 6.07) is 7.00. The molecule has 6 heteroatoms. The number of hydrogen-bond acceptors (Lipinski definition) is 5. The van der Waals surface area contributed by atoms with Crippen LogP contribution in [0.3, 0.4) is 0 Å². The van der Waals surface area contributed by atoms with Crippen molar-refractivity contribution in [2.24, 2.45) is 17.8 Å². The summed E-state index contributed by atoms with van der Waals surface area (Å²) >= 11 is 4.32. The Morgan fingerprint density at radius 3 is 2.22 bits per heavy atom. The lowest BCUT2D eigenvalue weighted by molar-refractivity contribution is -0.121. The van der Waals surface area contributed by atoms with E-state index in [4.69, 9.17) is 4.74 Å². The molecule has 2 bridgehead atoms. The molecule has 1 spiro atoms. The SMILES string of the molecule is CC(C)OC(=O)c1ccc(NC(=O)C2C[C@H]3CC[C@@H](C2)C32SCCS2)cc1. The molecule has 0 radical (unpaired) electrons. The molecule has 1 unspecified atom stereocenters. The summed E-state index contributed by atoms with van der Waals surface area (Å²) in [6.45, 7) is 3.66. The maximum absolute atomic E-state index is 12.8. The molecule has 3 atom stereocenters. The highest BCUT2D eigenvalue weighted by Crippen LogP contribution is 2.65. The monoisotopic (exact) mass is 405 g/mol. The predicted molar refractivity (Wildman–Crippen MR) is 112 cm³/mol. The van der Waals surface area contributed by atoms with Gasteiger partial charge in [0, 0.05) is 23.1 Å². The van der Waals surface area contributed by atoms with Crippen LogP contribution in [0.5, 0.6) is 0 Å². The van der Waals surface area contributed by atoms with Gasteiger partial charge in [0.25, 0.3) is 0 Å². The van der Waals surface area contributed by atoms with Gasteiger partial charge < -0.3 is 10.1 Å². The first-order valence-corrected chi connectivity index (χ1v) is 11.8. The van der Waals surface area contributed by atoms with Gasteiger partial charge in [-0.15, -0.1) is 23.5 Å². The van der Waals surface area contributed by atoms with E-state index in [1.807, 2.05) is 13.8 Å². The predicted octanol–water partition coefficient (Wildman–Crippen LogP) is 4.80. The van der Waals surface area contributed by atoms with Gasteiger partial charge in [0.1, 0.15) is 0 Å². The standard InChI is InChI=1S/C21H27NO3S2/c1-13(2)25-20(24)14-3-7-18(8-4-14)22-19(23)15-11-16-5-6-17(12-15)21(16)26-9-10-27-21/h3-4,7-8,13,15-17H,5-6,9-12H2,1-2H3,(H,22,23)/t15?,16-,17+. The minimum absolute atomic E-state index is 0.112. The van der Waals surface area contributed by atoms with Gasteiger partial charge >= 0.3 is 5.97 Å². The highest BCUT2D eigenvalue weighted by Gasteiger charge is 2.57. The normalized spacial score (nSPS) is 28.5. The second kappa shape index (κ2) is 7.70. The first-order valence-electron chi connectivity index (χ1n) is 9.88. The Labute approximate surface area is 169 Å². The van der Waals surface area contributed by atoms with E-state index in [1.165, 1.54) is 24.3 Å². The minimum Gasteiger partial charge on any atom is -0.459 e. The van der Waals surface area contributed by atoms with E-state index in [-0.39, 0.29) is 23.9 Å². The molecule has 0 aromatic heterocycles. The molecule has 1 saturated heterocycles. The summed E-state index contributed by atoms with van der Waals surface area (Å²) < 4.78 is 5.61. The van der Waals surface area contributed by atoms with Crippen LogP contribution in [0.1, 0.15) is 49.9 Å². The number of amides is 1. The molecular formula is C21H27NO3S2. The third kappa shape index (κ3) is 3.75. The second-order valence-corrected chi connectivity index (χ2v) is 11.1. The molecule has 2 saturated carbocycles. The number of benzene rings is 1. The number of esters is 1. The van der Waals surface area contributed by atoms with Crippen LogP contribution in [-0.2, 0) is 9.53 Å². The fourth-order valence-electron chi connectivity index (χ4n) is 4.83. The molecule has 1 aromatic rings. The lowest BCUT2D eigenvalue weighted by atomic mass is 9.79. The Bertz CT molecular complexity index is 697. The van der Waals surface area contributed by atoms with E-state index >= 15 is 0 Å². The Morgan fingerprint density at radius 1 is 1.07 bits per heavy atom. The molecule has 27 heavy (non-hydrogen) atoms. The lowest BCUT2D eigenvalue weighted by Gasteiger charge is -2.42. The van der Waals surface area contributed by atoms with Crippen LogP contribution in [-0.4, -0.2) is 33.6 Å². The van der Waals surface area contributed by atoms with Crippen LogP contribution in [0.4, 0.5) is 5.69 Å². The van der Waals surface area contributed by atoms with Crippen molar-refractivity contribution in [3.8, 4) is 0 Å². The molecule has 1 aromatic carbocycles. The Morgan fingerprint density at radius 2 is 1.67 bits per heavy atom. The summed E-state index contributed by atoms with van der Waals surface area (Å²) in [6.07, 6.45) is 4.45. The number of carbonyl (C=O) groups excluding carboxylic acids is 2. The van der Waals surface area contributed by atoms with Gasteiger partial charge in [0.15, 0.2) is 0 Å². The number of anilines is 1. The van der Waals surface area contributed by atoms with E-state index < -0.39 is 0 Å². The maximum Gasteiger partial charge on any atom is 0.338 e. The van der Waals surface area contributed by atoms with Crippen molar-refractivity contribution in [2.75, 3.05) is 16.8 Å². The zero-order valence-electron chi connectivity index (χ0n) is 15.9. The zero-order valence-corrected chi connectivity index (χ0v) is 17.5. The van der Waals surface area contributed by atoms with E-state index in [0.29, 0.717) is 21.5 Å². The Kier molecular flexibility index (Phi) is 5.48. The summed E-state index contributed by atoms with van der Waals surface area (Å²) in [7, 11) is 0.